The maximum absolute atomic E-state index is 14.1. The average molecular weight is 536 g/mol. The monoisotopic (exact) mass is 535 g/mol. The fraction of sp³-hybridized carbons (Fsp3) is 0.667. The van der Waals surface area contributed by atoms with Gasteiger partial charge in [-0.05, 0) is 69.8 Å². The van der Waals surface area contributed by atoms with Crippen LogP contribution in [0.2, 0.25) is 0 Å². The third-order valence-corrected chi connectivity index (χ3v) is 8.81. The fourth-order valence-corrected chi connectivity index (χ4v) is 6.61. The Morgan fingerprint density at radius 2 is 1.77 bits per heavy atom. The topological polar surface area (TPSA) is 95.4 Å². The van der Waals surface area contributed by atoms with Crippen LogP contribution in [0.1, 0.15) is 57.2 Å². The zero-order valence-corrected chi connectivity index (χ0v) is 23.6. The van der Waals surface area contributed by atoms with Crippen molar-refractivity contribution in [3.05, 3.63) is 47.8 Å². The lowest BCUT2D eigenvalue weighted by Crippen LogP contribution is -2.57. The van der Waals surface area contributed by atoms with E-state index < -0.39 is 11.5 Å². The lowest BCUT2D eigenvalue weighted by molar-refractivity contribution is -0.138. The Hall–Kier alpha value is -2.78. The summed E-state index contributed by atoms with van der Waals surface area (Å²) >= 11 is 0. The molecular formula is C30H45N7O2. The molecular weight excluding hydrogens is 490 g/mol. The van der Waals surface area contributed by atoms with E-state index in [-0.39, 0.29) is 11.8 Å². The summed E-state index contributed by atoms with van der Waals surface area (Å²) in [5, 5.41) is 15.0. The van der Waals surface area contributed by atoms with Crippen LogP contribution in [-0.2, 0) is 29.0 Å². The Balaban J connectivity index is 1.31. The molecule has 4 heterocycles. The number of rotatable bonds is 5. The predicted molar refractivity (Wildman–Crippen MR) is 151 cm³/mol. The molecule has 0 aliphatic carbocycles. The minimum Gasteiger partial charge on any atom is -0.354 e. The second kappa shape index (κ2) is 12.6. The summed E-state index contributed by atoms with van der Waals surface area (Å²) in [6.07, 6.45) is 7.68. The maximum atomic E-state index is 14.1. The van der Waals surface area contributed by atoms with Crippen LogP contribution < -0.4 is 10.6 Å². The quantitative estimate of drug-likeness (QED) is 0.610. The number of benzene rings is 1. The van der Waals surface area contributed by atoms with Gasteiger partial charge in [-0.3, -0.25) is 14.3 Å². The molecule has 1 spiro atoms. The van der Waals surface area contributed by atoms with Gasteiger partial charge in [0, 0.05) is 44.7 Å². The molecule has 3 aliphatic heterocycles. The van der Waals surface area contributed by atoms with E-state index in [1.54, 1.807) is 0 Å². The molecule has 9 heteroatoms. The first-order chi connectivity index (χ1) is 18.9. The summed E-state index contributed by atoms with van der Waals surface area (Å²) in [5.74, 6) is 0.551. The van der Waals surface area contributed by atoms with Crippen molar-refractivity contribution in [3.8, 4) is 0 Å². The van der Waals surface area contributed by atoms with E-state index in [0.29, 0.717) is 37.9 Å². The van der Waals surface area contributed by atoms with E-state index in [0.717, 1.165) is 56.7 Å². The normalized spacial score (nSPS) is 24.0. The van der Waals surface area contributed by atoms with Gasteiger partial charge in [-0.2, -0.15) is 0 Å². The molecule has 2 N–H and O–H groups in total. The van der Waals surface area contributed by atoms with Crippen LogP contribution in [0.3, 0.4) is 0 Å². The average Bonchev–Trinajstić information content (AvgIpc) is 3.38. The number of aromatic nitrogens is 3. The summed E-state index contributed by atoms with van der Waals surface area (Å²) in [4.78, 5) is 32.6. The van der Waals surface area contributed by atoms with E-state index in [1.165, 1.54) is 19.4 Å². The Kier molecular flexibility index (Phi) is 8.97. The lowest BCUT2D eigenvalue weighted by Gasteiger charge is -2.46. The van der Waals surface area contributed by atoms with Crippen molar-refractivity contribution in [2.24, 2.45) is 11.3 Å². The van der Waals surface area contributed by atoms with Crippen LogP contribution in [-0.4, -0.2) is 88.0 Å². The Labute approximate surface area is 232 Å². The van der Waals surface area contributed by atoms with Gasteiger partial charge in [0.2, 0.25) is 11.8 Å². The molecule has 9 nitrogen and oxygen atoms in total. The third kappa shape index (κ3) is 7.06. The first-order valence-electron chi connectivity index (χ1n) is 14.9. The molecule has 0 saturated carbocycles. The number of piperidine rings is 2. The van der Waals surface area contributed by atoms with Crippen LogP contribution in [0.15, 0.2) is 36.5 Å². The number of aryl methyl sites for hydroxylation is 1. The molecule has 1 aromatic heterocycles. The molecule has 2 fully saturated rings. The first-order valence-corrected chi connectivity index (χ1v) is 14.9. The van der Waals surface area contributed by atoms with Gasteiger partial charge in [0.1, 0.15) is 6.04 Å². The van der Waals surface area contributed by atoms with E-state index in [2.05, 4.69) is 44.6 Å². The summed E-state index contributed by atoms with van der Waals surface area (Å²) < 4.78 is 1.84. The van der Waals surface area contributed by atoms with E-state index in [4.69, 9.17) is 0 Å². The smallest absolute Gasteiger partial charge is 0.242 e. The second-order valence-corrected chi connectivity index (χ2v) is 12.3. The lowest BCUT2D eigenvalue weighted by atomic mass is 9.73. The largest absolute Gasteiger partial charge is 0.354 e. The highest BCUT2D eigenvalue weighted by Gasteiger charge is 2.44. The molecule has 2 bridgehead atoms. The maximum Gasteiger partial charge on any atom is 0.242 e. The Bertz CT molecular complexity index is 1090. The van der Waals surface area contributed by atoms with Crippen LogP contribution in [0.5, 0.6) is 0 Å². The number of nitrogens with zero attached hydrogens (tertiary/aromatic N) is 5. The van der Waals surface area contributed by atoms with Crippen molar-refractivity contribution in [1.29, 1.82) is 0 Å². The molecule has 5 rings (SSSR count). The van der Waals surface area contributed by atoms with Gasteiger partial charge >= 0.3 is 0 Å². The zero-order chi connectivity index (χ0) is 27.2. The van der Waals surface area contributed by atoms with Gasteiger partial charge < -0.3 is 20.4 Å². The van der Waals surface area contributed by atoms with Crippen molar-refractivity contribution in [1.82, 2.24) is 35.4 Å². The van der Waals surface area contributed by atoms with Crippen molar-refractivity contribution in [3.63, 3.8) is 0 Å². The van der Waals surface area contributed by atoms with E-state index in [9.17, 15) is 9.59 Å². The Morgan fingerprint density at radius 1 is 1.03 bits per heavy atom. The van der Waals surface area contributed by atoms with Gasteiger partial charge in [0.05, 0.1) is 11.1 Å². The molecule has 2 amide bonds. The molecule has 3 aliphatic rings. The zero-order valence-electron chi connectivity index (χ0n) is 23.6. The molecule has 2 aromatic rings. The van der Waals surface area contributed by atoms with Crippen LogP contribution in [0, 0.1) is 11.3 Å². The number of fused-ring (bicyclic) bond motifs is 2. The molecule has 0 unspecified atom stereocenters. The predicted octanol–water partition coefficient (Wildman–Crippen LogP) is 2.27. The molecule has 39 heavy (non-hydrogen) atoms. The highest BCUT2D eigenvalue weighted by atomic mass is 16.2. The highest BCUT2D eigenvalue weighted by molar-refractivity contribution is 5.90. The minimum atomic E-state index is -0.603. The molecule has 1 atom stereocenters. The fourth-order valence-electron chi connectivity index (χ4n) is 6.61. The van der Waals surface area contributed by atoms with Crippen LogP contribution in [0.25, 0.3) is 0 Å². The van der Waals surface area contributed by atoms with Gasteiger partial charge in [-0.25, -0.2) is 0 Å². The second-order valence-electron chi connectivity index (χ2n) is 12.3. The van der Waals surface area contributed by atoms with Gasteiger partial charge in [0.15, 0.2) is 0 Å². The van der Waals surface area contributed by atoms with Crippen molar-refractivity contribution < 1.29 is 9.59 Å². The summed E-state index contributed by atoms with van der Waals surface area (Å²) in [6.45, 7) is 11.1. The minimum absolute atomic E-state index is 0.0289. The van der Waals surface area contributed by atoms with E-state index >= 15 is 0 Å². The number of hydrogen-bond donors (Lipinski definition) is 2. The standard InChI is InChI=1S/C30H45N7O2/c1-23(2)21-35-15-9-26(10-16-35)36-17-11-30(12-18-36)20-25-22-37(34-33-25)14-6-13-31-28(38)27(32-29(30)39)19-24-7-4-3-5-8-24/h3-5,7-8,22-23,26-27H,6,9-21H2,1-2H3,(H,31,38)(H,32,39)/t27-/m0/s1. The first kappa shape index (κ1) is 27.8. The Morgan fingerprint density at radius 3 is 2.49 bits per heavy atom. The van der Waals surface area contributed by atoms with Crippen LogP contribution >= 0.6 is 0 Å². The van der Waals surface area contributed by atoms with Gasteiger partial charge in [-0.1, -0.05) is 49.4 Å². The summed E-state index contributed by atoms with van der Waals surface area (Å²) in [6, 6.07) is 9.92. The molecule has 0 radical (unpaired) electrons. The number of likely N-dealkylation sites (tertiary alicyclic amines) is 2. The van der Waals surface area contributed by atoms with Gasteiger partial charge in [0.25, 0.3) is 0 Å². The summed E-state index contributed by atoms with van der Waals surface area (Å²) in [5.41, 5.74) is 1.30. The number of hydrogen-bond acceptors (Lipinski definition) is 6. The number of carbonyl (C=O) groups is 2. The SMILES string of the molecule is CC(C)CN1CCC(N2CCC3(CC2)Cc2cn(nn2)CCCNC(=O)[C@H](Cc2ccccc2)NC3=O)CC1. The van der Waals surface area contributed by atoms with Gasteiger partial charge in [-0.15, -0.1) is 5.10 Å². The molecule has 1 aromatic carbocycles. The third-order valence-electron chi connectivity index (χ3n) is 8.81. The number of amides is 2. The number of nitrogens with one attached hydrogen (secondary N) is 2. The van der Waals surface area contributed by atoms with E-state index in [1.807, 2.05) is 41.2 Å². The number of carbonyl (C=O) groups excluding carboxylic acids is 2. The highest BCUT2D eigenvalue weighted by Crippen LogP contribution is 2.37. The van der Waals surface area contributed by atoms with Crippen molar-refractivity contribution >= 4 is 11.8 Å². The van der Waals surface area contributed by atoms with Crippen molar-refractivity contribution in [2.45, 2.75) is 77.4 Å². The van der Waals surface area contributed by atoms with Crippen molar-refractivity contribution in [2.75, 3.05) is 39.3 Å². The molecule has 2 saturated heterocycles. The molecule has 212 valence electrons. The van der Waals surface area contributed by atoms with Crippen LogP contribution in [0.4, 0.5) is 0 Å². The summed E-state index contributed by atoms with van der Waals surface area (Å²) in [7, 11) is 0.